The Bertz CT molecular complexity index is 348. The molecule has 9 heteroatoms. The molecule has 0 bridgehead atoms. The second-order valence-electron chi connectivity index (χ2n) is 2.98. The van der Waals surface area contributed by atoms with Crippen LogP contribution in [0, 0.1) is 0 Å². The maximum atomic E-state index is 12.7. The smallest absolute Gasteiger partial charge is 0.332 e. The monoisotopic (exact) mass is 245 g/mol. The van der Waals surface area contributed by atoms with Crippen molar-refractivity contribution >= 4 is 0 Å². The van der Waals surface area contributed by atoms with Crippen LogP contribution in [0.4, 0.5) is 22.0 Å². The highest BCUT2D eigenvalue weighted by Crippen LogP contribution is 2.42. The molecule has 0 saturated carbocycles. The van der Waals surface area contributed by atoms with E-state index in [0.29, 0.717) is 6.42 Å². The predicted octanol–water partition coefficient (Wildman–Crippen LogP) is 1.62. The van der Waals surface area contributed by atoms with Crippen LogP contribution in [-0.2, 0) is 12.3 Å². The minimum absolute atomic E-state index is 0.0912. The average Bonchev–Trinajstić information content (AvgIpc) is 2.61. The van der Waals surface area contributed by atoms with E-state index in [9.17, 15) is 22.0 Å². The fraction of sp³-hybridized carbons (Fsp3) is 0.714. The molecule has 0 atom stereocenters. The van der Waals surface area contributed by atoms with Crippen LogP contribution in [0.5, 0.6) is 0 Å². The summed E-state index contributed by atoms with van der Waals surface area (Å²) in [7, 11) is 0. The van der Waals surface area contributed by atoms with Gasteiger partial charge in [0, 0.05) is 6.42 Å². The summed E-state index contributed by atoms with van der Waals surface area (Å²) >= 11 is 0. The molecule has 0 fully saturated rings. The zero-order chi connectivity index (χ0) is 12.4. The molecule has 0 aliphatic heterocycles. The summed E-state index contributed by atoms with van der Waals surface area (Å²) in [5.74, 6) is -7.09. The summed E-state index contributed by atoms with van der Waals surface area (Å²) in [6, 6.07) is 0. The van der Waals surface area contributed by atoms with Gasteiger partial charge in [-0.25, -0.2) is 0 Å². The molecular formula is C7H8F5N3O. The largest absolute Gasteiger partial charge is 0.463 e. The van der Waals surface area contributed by atoms with E-state index >= 15 is 0 Å². The minimum atomic E-state index is -5.75. The third-order valence-electron chi connectivity index (χ3n) is 1.70. The van der Waals surface area contributed by atoms with Crippen molar-refractivity contribution in [3.8, 4) is 0 Å². The van der Waals surface area contributed by atoms with Crippen LogP contribution in [0.15, 0.2) is 4.52 Å². The third kappa shape index (κ3) is 2.46. The van der Waals surface area contributed by atoms with Crippen molar-refractivity contribution in [1.82, 2.24) is 10.1 Å². The molecule has 0 aliphatic rings. The van der Waals surface area contributed by atoms with Crippen molar-refractivity contribution in [2.45, 2.75) is 24.9 Å². The normalized spacial score (nSPS) is 13.1. The van der Waals surface area contributed by atoms with Crippen molar-refractivity contribution < 1.29 is 26.5 Å². The van der Waals surface area contributed by atoms with Gasteiger partial charge in [0.05, 0.1) is 0 Å². The fourth-order valence-corrected chi connectivity index (χ4v) is 0.864. The van der Waals surface area contributed by atoms with Gasteiger partial charge in [-0.1, -0.05) is 5.16 Å². The van der Waals surface area contributed by atoms with E-state index in [1.165, 1.54) is 0 Å². The van der Waals surface area contributed by atoms with Crippen molar-refractivity contribution in [3.63, 3.8) is 0 Å². The van der Waals surface area contributed by atoms with Crippen molar-refractivity contribution in [2.24, 2.45) is 5.73 Å². The lowest BCUT2D eigenvalue weighted by Crippen LogP contribution is -2.34. The van der Waals surface area contributed by atoms with Gasteiger partial charge in [0.25, 0.3) is 0 Å². The summed E-state index contributed by atoms with van der Waals surface area (Å²) in [6.45, 7) is 0.250. The Morgan fingerprint density at radius 1 is 1.19 bits per heavy atom. The van der Waals surface area contributed by atoms with E-state index in [1.54, 1.807) is 0 Å². The number of nitrogens with two attached hydrogens (primary N) is 1. The number of halogens is 5. The molecule has 1 aromatic rings. The van der Waals surface area contributed by atoms with Crippen LogP contribution < -0.4 is 5.73 Å². The highest BCUT2D eigenvalue weighted by molar-refractivity contribution is 4.97. The number of aryl methyl sites for hydroxylation is 1. The fourth-order valence-electron chi connectivity index (χ4n) is 0.864. The van der Waals surface area contributed by atoms with Crippen LogP contribution in [0.2, 0.25) is 0 Å². The van der Waals surface area contributed by atoms with Crippen molar-refractivity contribution in [1.29, 1.82) is 0 Å². The minimum Gasteiger partial charge on any atom is -0.332 e. The van der Waals surface area contributed by atoms with Crippen LogP contribution in [0.25, 0.3) is 0 Å². The predicted molar refractivity (Wildman–Crippen MR) is 41.6 cm³/mol. The van der Waals surface area contributed by atoms with Gasteiger partial charge in [0.2, 0.25) is 0 Å². The third-order valence-corrected chi connectivity index (χ3v) is 1.70. The van der Waals surface area contributed by atoms with Crippen molar-refractivity contribution in [2.75, 3.05) is 6.54 Å². The average molecular weight is 245 g/mol. The van der Waals surface area contributed by atoms with Crippen LogP contribution >= 0.6 is 0 Å². The van der Waals surface area contributed by atoms with Crippen molar-refractivity contribution in [3.05, 3.63) is 11.7 Å². The van der Waals surface area contributed by atoms with Gasteiger partial charge < -0.3 is 10.3 Å². The van der Waals surface area contributed by atoms with E-state index in [1.807, 2.05) is 0 Å². The van der Waals surface area contributed by atoms with Gasteiger partial charge in [0.1, 0.15) is 0 Å². The first-order chi connectivity index (χ1) is 7.29. The van der Waals surface area contributed by atoms with E-state index < -0.39 is 18.0 Å². The number of rotatable bonds is 4. The molecule has 92 valence electrons. The van der Waals surface area contributed by atoms with Gasteiger partial charge in [-0.05, 0) is 13.0 Å². The van der Waals surface area contributed by atoms with Gasteiger partial charge in [-0.2, -0.15) is 26.9 Å². The Labute approximate surface area is 86.6 Å². The van der Waals surface area contributed by atoms with Gasteiger partial charge >= 0.3 is 18.0 Å². The molecule has 1 aromatic heterocycles. The zero-order valence-corrected chi connectivity index (χ0v) is 7.89. The van der Waals surface area contributed by atoms with Gasteiger partial charge in [0.15, 0.2) is 5.82 Å². The first-order valence-corrected chi connectivity index (χ1v) is 4.26. The first kappa shape index (κ1) is 12.8. The Kier molecular flexibility index (Phi) is 3.46. The Hall–Kier alpha value is -1.25. The number of hydrogen-bond acceptors (Lipinski definition) is 4. The quantitative estimate of drug-likeness (QED) is 0.818. The summed E-state index contributed by atoms with van der Waals surface area (Å²) in [6.07, 6.45) is -5.28. The number of aromatic nitrogens is 2. The molecule has 0 aromatic carbocycles. The molecule has 1 heterocycles. The second kappa shape index (κ2) is 4.32. The Morgan fingerprint density at radius 3 is 2.31 bits per heavy atom. The molecular weight excluding hydrogens is 237 g/mol. The molecule has 0 aliphatic carbocycles. The summed E-state index contributed by atoms with van der Waals surface area (Å²) in [4.78, 5) is 2.98. The van der Waals surface area contributed by atoms with E-state index in [-0.39, 0.29) is 18.8 Å². The van der Waals surface area contributed by atoms with Crippen LogP contribution in [-0.4, -0.2) is 22.9 Å². The molecule has 0 spiro atoms. The lowest BCUT2D eigenvalue weighted by Gasteiger charge is -2.14. The number of hydrogen-bond donors (Lipinski definition) is 1. The van der Waals surface area contributed by atoms with E-state index in [4.69, 9.17) is 5.73 Å². The van der Waals surface area contributed by atoms with Gasteiger partial charge in [-0.3, -0.25) is 0 Å². The molecule has 2 N–H and O–H groups in total. The lowest BCUT2D eigenvalue weighted by atomic mass is 10.3. The zero-order valence-electron chi connectivity index (χ0n) is 7.89. The molecule has 0 unspecified atom stereocenters. The Balaban J connectivity index is 2.85. The summed E-state index contributed by atoms with van der Waals surface area (Å²) in [5.41, 5.74) is 5.12. The van der Waals surface area contributed by atoms with E-state index in [2.05, 4.69) is 14.7 Å². The maximum Gasteiger partial charge on any atom is 0.463 e. The second-order valence-corrected chi connectivity index (χ2v) is 2.98. The highest BCUT2D eigenvalue weighted by atomic mass is 19.4. The van der Waals surface area contributed by atoms with Crippen LogP contribution in [0.1, 0.15) is 18.1 Å². The number of alkyl halides is 5. The molecule has 0 radical (unpaired) electrons. The van der Waals surface area contributed by atoms with Gasteiger partial charge in [-0.15, -0.1) is 0 Å². The molecule has 4 nitrogen and oxygen atoms in total. The molecule has 0 amide bonds. The molecule has 1 rings (SSSR count). The standard InChI is InChI=1S/C7H8F5N3O/c8-6(9,7(10,11)12)5-14-4(15-16-5)2-1-3-13/h1-3,13H2. The summed E-state index contributed by atoms with van der Waals surface area (Å²) in [5, 5.41) is 3.01. The Morgan fingerprint density at radius 2 is 1.81 bits per heavy atom. The summed E-state index contributed by atoms with van der Waals surface area (Å²) < 4.78 is 64.8. The molecule has 0 saturated heterocycles. The first-order valence-electron chi connectivity index (χ1n) is 4.26. The van der Waals surface area contributed by atoms with E-state index in [0.717, 1.165) is 0 Å². The SMILES string of the molecule is NCCCc1noc(C(F)(F)C(F)(F)F)n1. The molecule has 16 heavy (non-hydrogen) atoms. The lowest BCUT2D eigenvalue weighted by molar-refractivity contribution is -0.298. The highest BCUT2D eigenvalue weighted by Gasteiger charge is 2.63. The van der Waals surface area contributed by atoms with Crippen LogP contribution in [0.3, 0.4) is 0 Å². The topological polar surface area (TPSA) is 64.9 Å². The maximum absolute atomic E-state index is 12.7. The number of nitrogens with zero attached hydrogens (tertiary/aromatic N) is 2.